The number of H-pyrrole nitrogens is 1. The predicted molar refractivity (Wildman–Crippen MR) is 71.7 cm³/mol. The van der Waals surface area contributed by atoms with E-state index in [0.29, 0.717) is 5.56 Å². The third-order valence-corrected chi connectivity index (χ3v) is 2.86. The van der Waals surface area contributed by atoms with Crippen LogP contribution in [0.15, 0.2) is 35.1 Å². The Bertz CT molecular complexity index is 617. The highest BCUT2D eigenvalue weighted by Gasteiger charge is 2.08. The average molecular weight is 244 g/mol. The number of aryl methyl sites for hydroxylation is 1. The molecule has 0 atom stereocenters. The highest BCUT2D eigenvalue weighted by atomic mass is 16.5. The largest absolute Gasteiger partial charge is 0.496 e. The first-order valence-corrected chi connectivity index (χ1v) is 5.73. The van der Waals surface area contributed by atoms with E-state index in [1.165, 1.54) is 0 Å². The number of rotatable bonds is 3. The Hall–Kier alpha value is -2.07. The molecule has 2 rings (SSSR count). The number of hydrogen-bond donors (Lipinski definition) is 2. The Morgan fingerprint density at radius 2 is 2.06 bits per heavy atom. The molecule has 4 nitrogen and oxygen atoms in total. The first-order valence-electron chi connectivity index (χ1n) is 5.73. The molecule has 0 aliphatic rings. The van der Waals surface area contributed by atoms with Crippen LogP contribution in [-0.2, 0) is 6.54 Å². The molecule has 0 saturated heterocycles. The van der Waals surface area contributed by atoms with Gasteiger partial charge in [-0.15, -0.1) is 0 Å². The van der Waals surface area contributed by atoms with Gasteiger partial charge in [0.05, 0.1) is 12.8 Å². The van der Waals surface area contributed by atoms with E-state index in [2.05, 4.69) is 4.98 Å². The number of aromatic amines is 1. The van der Waals surface area contributed by atoms with Gasteiger partial charge in [-0.25, -0.2) is 0 Å². The molecule has 2 aromatic rings. The van der Waals surface area contributed by atoms with Crippen LogP contribution >= 0.6 is 0 Å². The molecule has 1 aromatic heterocycles. The maximum absolute atomic E-state index is 11.8. The predicted octanol–water partition coefficient (Wildman–Crippen LogP) is 1.82. The minimum atomic E-state index is -0.154. The smallest absolute Gasteiger partial charge is 0.252 e. The van der Waals surface area contributed by atoms with E-state index in [0.717, 1.165) is 22.6 Å². The van der Waals surface area contributed by atoms with Crippen molar-refractivity contribution in [2.24, 2.45) is 5.73 Å². The summed E-state index contributed by atoms with van der Waals surface area (Å²) in [5.41, 5.74) is 8.61. The number of benzene rings is 1. The lowest BCUT2D eigenvalue weighted by molar-refractivity contribution is 0.416. The van der Waals surface area contributed by atoms with Crippen LogP contribution in [0.25, 0.3) is 11.3 Å². The van der Waals surface area contributed by atoms with Crippen molar-refractivity contribution in [1.82, 2.24) is 4.98 Å². The Balaban J connectivity index is 2.58. The molecule has 0 aliphatic carbocycles. The van der Waals surface area contributed by atoms with Gasteiger partial charge in [-0.1, -0.05) is 17.7 Å². The van der Waals surface area contributed by atoms with Gasteiger partial charge in [0, 0.05) is 17.7 Å². The van der Waals surface area contributed by atoms with Gasteiger partial charge in [0.15, 0.2) is 0 Å². The number of hydrogen-bond acceptors (Lipinski definition) is 3. The van der Waals surface area contributed by atoms with Crippen molar-refractivity contribution in [1.29, 1.82) is 0 Å². The van der Waals surface area contributed by atoms with Crippen molar-refractivity contribution in [3.8, 4) is 17.0 Å². The van der Waals surface area contributed by atoms with Gasteiger partial charge in [-0.2, -0.15) is 0 Å². The topological polar surface area (TPSA) is 68.1 Å². The van der Waals surface area contributed by atoms with Crippen LogP contribution < -0.4 is 16.0 Å². The summed E-state index contributed by atoms with van der Waals surface area (Å²) >= 11 is 0. The molecule has 3 N–H and O–H groups in total. The minimum Gasteiger partial charge on any atom is -0.496 e. The van der Waals surface area contributed by atoms with Gasteiger partial charge in [0.1, 0.15) is 5.75 Å². The van der Waals surface area contributed by atoms with Gasteiger partial charge in [0.2, 0.25) is 0 Å². The third kappa shape index (κ3) is 2.28. The molecular formula is C14H16N2O2. The fourth-order valence-corrected chi connectivity index (χ4v) is 1.85. The third-order valence-electron chi connectivity index (χ3n) is 2.86. The van der Waals surface area contributed by atoms with Gasteiger partial charge in [-0.3, -0.25) is 4.79 Å². The molecule has 0 radical (unpaired) electrons. The Labute approximate surface area is 105 Å². The normalized spacial score (nSPS) is 10.4. The molecule has 4 heteroatoms. The van der Waals surface area contributed by atoms with Crippen molar-refractivity contribution in [3.63, 3.8) is 0 Å². The van der Waals surface area contributed by atoms with E-state index >= 15 is 0 Å². The molecule has 18 heavy (non-hydrogen) atoms. The molecule has 0 aliphatic heterocycles. The second-order valence-corrected chi connectivity index (χ2v) is 4.13. The Morgan fingerprint density at radius 1 is 1.28 bits per heavy atom. The van der Waals surface area contributed by atoms with Crippen LogP contribution in [-0.4, -0.2) is 12.1 Å². The van der Waals surface area contributed by atoms with E-state index in [1.807, 2.05) is 31.2 Å². The molecule has 0 saturated carbocycles. The Morgan fingerprint density at radius 3 is 2.67 bits per heavy atom. The van der Waals surface area contributed by atoms with E-state index in [1.54, 1.807) is 13.2 Å². The van der Waals surface area contributed by atoms with Crippen molar-refractivity contribution < 1.29 is 4.74 Å². The molecule has 1 heterocycles. The fourth-order valence-electron chi connectivity index (χ4n) is 1.85. The number of nitrogens with two attached hydrogens (primary N) is 1. The summed E-state index contributed by atoms with van der Waals surface area (Å²) < 4.78 is 5.30. The number of ether oxygens (including phenoxy) is 1. The summed E-state index contributed by atoms with van der Waals surface area (Å²) in [4.78, 5) is 14.6. The second-order valence-electron chi connectivity index (χ2n) is 4.13. The van der Waals surface area contributed by atoms with Gasteiger partial charge in [-0.05, 0) is 25.1 Å². The second kappa shape index (κ2) is 5.06. The summed E-state index contributed by atoms with van der Waals surface area (Å²) in [6.45, 7) is 2.23. The zero-order valence-electron chi connectivity index (χ0n) is 10.5. The van der Waals surface area contributed by atoms with Crippen LogP contribution in [0.2, 0.25) is 0 Å². The molecule has 0 spiro atoms. The summed E-state index contributed by atoms with van der Waals surface area (Å²) in [6.07, 6.45) is 0. The fraction of sp³-hybridized carbons (Fsp3) is 0.214. The highest BCUT2D eigenvalue weighted by molar-refractivity contribution is 5.68. The van der Waals surface area contributed by atoms with Crippen LogP contribution in [0.5, 0.6) is 5.75 Å². The van der Waals surface area contributed by atoms with Crippen molar-refractivity contribution >= 4 is 0 Å². The van der Waals surface area contributed by atoms with Gasteiger partial charge in [0.25, 0.3) is 5.56 Å². The monoisotopic (exact) mass is 244 g/mol. The zero-order valence-corrected chi connectivity index (χ0v) is 10.5. The van der Waals surface area contributed by atoms with E-state index in [-0.39, 0.29) is 12.1 Å². The maximum Gasteiger partial charge on any atom is 0.252 e. The van der Waals surface area contributed by atoms with Crippen molar-refractivity contribution in [2.45, 2.75) is 13.5 Å². The highest BCUT2D eigenvalue weighted by Crippen LogP contribution is 2.28. The standard InChI is InChI=1S/C14H16N2O2/c1-9-3-6-13(18-2)11(7-9)12-5-4-10(8-15)14(17)16-12/h3-7H,8,15H2,1-2H3,(H,16,17). The van der Waals surface area contributed by atoms with Crippen molar-refractivity contribution in [2.75, 3.05) is 7.11 Å². The van der Waals surface area contributed by atoms with Crippen LogP contribution in [0.3, 0.4) is 0 Å². The molecule has 0 bridgehead atoms. The van der Waals surface area contributed by atoms with Crippen molar-refractivity contribution in [3.05, 3.63) is 51.8 Å². The molecule has 94 valence electrons. The summed E-state index contributed by atoms with van der Waals surface area (Å²) in [5, 5.41) is 0. The van der Waals surface area contributed by atoms with E-state index in [9.17, 15) is 4.79 Å². The lowest BCUT2D eigenvalue weighted by Gasteiger charge is -2.10. The SMILES string of the molecule is COc1ccc(C)cc1-c1ccc(CN)c(=O)[nH]1. The Kier molecular flexibility index (Phi) is 3.48. The zero-order chi connectivity index (χ0) is 13.1. The van der Waals surface area contributed by atoms with E-state index < -0.39 is 0 Å². The minimum absolute atomic E-state index is 0.154. The summed E-state index contributed by atoms with van der Waals surface area (Å²) in [7, 11) is 1.61. The summed E-state index contributed by atoms with van der Waals surface area (Å²) in [5.74, 6) is 0.733. The lowest BCUT2D eigenvalue weighted by Crippen LogP contribution is -2.16. The summed E-state index contributed by atoms with van der Waals surface area (Å²) in [6, 6.07) is 9.43. The average Bonchev–Trinajstić information content (AvgIpc) is 2.38. The number of nitrogens with one attached hydrogen (secondary N) is 1. The lowest BCUT2D eigenvalue weighted by atomic mass is 10.1. The maximum atomic E-state index is 11.8. The molecule has 1 aromatic carbocycles. The van der Waals surface area contributed by atoms with Crippen LogP contribution in [0.1, 0.15) is 11.1 Å². The van der Waals surface area contributed by atoms with Crippen LogP contribution in [0.4, 0.5) is 0 Å². The quantitative estimate of drug-likeness (QED) is 0.865. The molecule has 0 unspecified atom stereocenters. The number of pyridine rings is 1. The van der Waals surface area contributed by atoms with Gasteiger partial charge < -0.3 is 15.5 Å². The molecule has 0 amide bonds. The molecule has 0 fully saturated rings. The number of aromatic nitrogens is 1. The molecular weight excluding hydrogens is 228 g/mol. The number of methoxy groups -OCH3 is 1. The first-order chi connectivity index (χ1) is 8.65. The van der Waals surface area contributed by atoms with Crippen LogP contribution in [0, 0.1) is 6.92 Å². The van der Waals surface area contributed by atoms with E-state index in [4.69, 9.17) is 10.5 Å². The van der Waals surface area contributed by atoms with Gasteiger partial charge >= 0.3 is 0 Å². The first kappa shape index (κ1) is 12.4.